The van der Waals surface area contributed by atoms with Gasteiger partial charge in [0.25, 0.3) is 0 Å². The normalized spacial score (nSPS) is 22.5. The van der Waals surface area contributed by atoms with Crippen molar-refractivity contribution in [3.8, 4) is 0 Å². The van der Waals surface area contributed by atoms with Crippen LogP contribution in [0.4, 0.5) is 0 Å². The van der Waals surface area contributed by atoms with Gasteiger partial charge in [-0.25, -0.2) is 4.79 Å². The van der Waals surface area contributed by atoms with E-state index < -0.39 is 12.0 Å². The van der Waals surface area contributed by atoms with Crippen molar-refractivity contribution in [2.75, 3.05) is 5.75 Å². The molecule has 1 aromatic carbocycles. The van der Waals surface area contributed by atoms with Gasteiger partial charge in [-0.05, 0) is 19.4 Å². The SMILES string of the molecule is Cc1ccc(CC(=O)N2C(C)SCC2C(=O)O)cc1. The summed E-state index contributed by atoms with van der Waals surface area (Å²) >= 11 is 1.51. The van der Waals surface area contributed by atoms with Crippen LogP contribution in [0.2, 0.25) is 0 Å². The number of aryl methyl sites for hydroxylation is 1. The Morgan fingerprint density at radius 1 is 1.37 bits per heavy atom. The molecule has 0 spiro atoms. The van der Waals surface area contributed by atoms with Gasteiger partial charge in [0.2, 0.25) is 5.91 Å². The van der Waals surface area contributed by atoms with Crippen LogP contribution in [0.1, 0.15) is 18.1 Å². The van der Waals surface area contributed by atoms with Crippen LogP contribution in [0.3, 0.4) is 0 Å². The van der Waals surface area contributed by atoms with Crippen molar-refractivity contribution in [3.05, 3.63) is 35.4 Å². The third-order valence-electron chi connectivity index (χ3n) is 3.27. The Bertz CT molecular complexity index is 486. The number of aliphatic carboxylic acids is 1. The second-order valence-corrected chi connectivity index (χ2v) is 6.10. The third kappa shape index (κ3) is 3.10. The number of rotatable bonds is 3. The number of carboxylic acids is 1. The van der Waals surface area contributed by atoms with E-state index in [1.165, 1.54) is 16.7 Å². The first-order chi connectivity index (χ1) is 8.99. The summed E-state index contributed by atoms with van der Waals surface area (Å²) < 4.78 is 0. The summed E-state index contributed by atoms with van der Waals surface area (Å²) in [6, 6.07) is 7.05. The highest BCUT2D eigenvalue weighted by molar-refractivity contribution is 8.00. The van der Waals surface area contributed by atoms with E-state index in [0.29, 0.717) is 5.75 Å². The second-order valence-electron chi connectivity index (χ2n) is 4.75. The van der Waals surface area contributed by atoms with Crippen LogP contribution < -0.4 is 0 Å². The van der Waals surface area contributed by atoms with Crippen LogP contribution in [-0.2, 0) is 16.0 Å². The quantitative estimate of drug-likeness (QED) is 0.918. The average molecular weight is 279 g/mol. The average Bonchev–Trinajstić information content (AvgIpc) is 2.74. The molecule has 1 saturated heterocycles. The van der Waals surface area contributed by atoms with Crippen LogP contribution in [-0.4, -0.2) is 39.1 Å². The summed E-state index contributed by atoms with van der Waals surface area (Å²) in [6.07, 6.45) is 0.259. The van der Waals surface area contributed by atoms with Crippen LogP contribution in [0.15, 0.2) is 24.3 Å². The number of hydrogen-bond acceptors (Lipinski definition) is 3. The lowest BCUT2D eigenvalue weighted by atomic mass is 10.1. The number of amides is 1. The van der Waals surface area contributed by atoms with Crippen LogP contribution >= 0.6 is 11.8 Å². The van der Waals surface area contributed by atoms with Crippen molar-refractivity contribution in [3.63, 3.8) is 0 Å². The Morgan fingerprint density at radius 3 is 2.58 bits per heavy atom. The molecular weight excluding hydrogens is 262 g/mol. The standard InChI is InChI=1S/C14H17NO3S/c1-9-3-5-11(6-4-9)7-13(16)15-10(2)19-8-12(15)14(17)18/h3-6,10,12H,7-8H2,1-2H3,(H,17,18). The molecule has 1 aliphatic heterocycles. The minimum atomic E-state index is -0.922. The molecule has 2 unspecified atom stereocenters. The number of thioether (sulfide) groups is 1. The third-order valence-corrected chi connectivity index (χ3v) is 4.49. The Kier molecular flexibility index (Phi) is 4.14. The van der Waals surface area contributed by atoms with Crippen LogP contribution in [0.25, 0.3) is 0 Å². The molecule has 1 amide bonds. The molecular formula is C14H17NO3S. The molecule has 5 heteroatoms. The lowest BCUT2D eigenvalue weighted by molar-refractivity contribution is -0.148. The lowest BCUT2D eigenvalue weighted by Gasteiger charge is -2.25. The van der Waals surface area contributed by atoms with Gasteiger partial charge in [0, 0.05) is 5.75 Å². The molecule has 0 aromatic heterocycles. The minimum absolute atomic E-state index is 0.0703. The number of carboxylic acid groups (broad SMARTS) is 1. The first-order valence-corrected chi connectivity index (χ1v) is 7.25. The smallest absolute Gasteiger partial charge is 0.327 e. The van der Waals surface area contributed by atoms with E-state index in [0.717, 1.165) is 11.1 Å². The summed E-state index contributed by atoms with van der Waals surface area (Å²) in [5, 5.41) is 9.08. The highest BCUT2D eigenvalue weighted by Crippen LogP contribution is 2.29. The largest absolute Gasteiger partial charge is 0.480 e. The van der Waals surface area contributed by atoms with E-state index in [2.05, 4.69) is 0 Å². The molecule has 1 aromatic rings. The number of nitrogens with zero attached hydrogens (tertiary/aromatic N) is 1. The van der Waals surface area contributed by atoms with Crippen molar-refractivity contribution in [1.82, 2.24) is 4.90 Å². The first kappa shape index (κ1) is 13.9. The fourth-order valence-electron chi connectivity index (χ4n) is 2.18. The zero-order chi connectivity index (χ0) is 14.0. The monoisotopic (exact) mass is 279 g/mol. The summed E-state index contributed by atoms with van der Waals surface area (Å²) in [7, 11) is 0. The minimum Gasteiger partial charge on any atom is -0.480 e. The van der Waals surface area contributed by atoms with Gasteiger partial charge in [-0.1, -0.05) is 29.8 Å². The summed E-state index contributed by atoms with van der Waals surface area (Å²) in [5.74, 6) is -0.571. The molecule has 0 aliphatic carbocycles. The molecule has 1 heterocycles. The summed E-state index contributed by atoms with van der Waals surface area (Å²) in [6.45, 7) is 3.87. The summed E-state index contributed by atoms with van der Waals surface area (Å²) in [4.78, 5) is 24.9. The van der Waals surface area contributed by atoms with Gasteiger partial charge in [0.15, 0.2) is 0 Å². The van der Waals surface area contributed by atoms with Gasteiger partial charge in [-0.2, -0.15) is 0 Å². The molecule has 4 nitrogen and oxygen atoms in total. The molecule has 1 N–H and O–H groups in total. The lowest BCUT2D eigenvalue weighted by Crippen LogP contribution is -2.45. The zero-order valence-electron chi connectivity index (χ0n) is 11.0. The van der Waals surface area contributed by atoms with E-state index in [4.69, 9.17) is 5.11 Å². The van der Waals surface area contributed by atoms with E-state index in [1.54, 1.807) is 0 Å². The Morgan fingerprint density at radius 2 is 2.00 bits per heavy atom. The maximum Gasteiger partial charge on any atom is 0.327 e. The number of carbonyl (C=O) groups excluding carboxylic acids is 1. The van der Waals surface area contributed by atoms with Gasteiger partial charge in [-0.15, -0.1) is 11.8 Å². The van der Waals surface area contributed by atoms with Crippen molar-refractivity contribution in [2.24, 2.45) is 0 Å². The maximum atomic E-state index is 12.3. The van der Waals surface area contributed by atoms with E-state index in [9.17, 15) is 9.59 Å². The molecule has 1 fully saturated rings. The number of hydrogen-bond donors (Lipinski definition) is 1. The molecule has 102 valence electrons. The van der Waals surface area contributed by atoms with Gasteiger partial charge >= 0.3 is 5.97 Å². The van der Waals surface area contributed by atoms with Gasteiger partial charge in [-0.3, -0.25) is 4.79 Å². The fourth-order valence-corrected chi connectivity index (χ4v) is 3.37. The Labute approximate surface area is 116 Å². The number of benzene rings is 1. The highest BCUT2D eigenvalue weighted by Gasteiger charge is 2.39. The molecule has 2 atom stereocenters. The molecule has 1 aliphatic rings. The molecule has 0 saturated carbocycles. The van der Waals surface area contributed by atoms with Crippen LogP contribution in [0, 0.1) is 6.92 Å². The Balaban J connectivity index is 2.10. The second kappa shape index (κ2) is 5.65. The van der Waals surface area contributed by atoms with Crippen LogP contribution in [0.5, 0.6) is 0 Å². The van der Waals surface area contributed by atoms with E-state index in [1.807, 2.05) is 38.1 Å². The van der Waals surface area contributed by atoms with Crippen molar-refractivity contribution in [2.45, 2.75) is 31.7 Å². The topological polar surface area (TPSA) is 57.6 Å². The van der Waals surface area contributed by atoms with Gasteiger partial charge < -0.3 is 10.0 Å². The van der Waals surface area contributed by atoms with Crippen molar-refractivity contribution < 1.29 is 14.7 Å². The first-order valence-electron chi connectivity index (χ1n) is 6.20. The van der Waals surface area contributed by atoms with Crippen molar-refractivity contribution in [1.29, 1.82) is 0 Å². The van der Waals surface area contributed by atoms with E-state index >= 15 is 0 Å². The highest BCUT2D eigenvalue weighted by atomic mass is 32.2. The molecule has 19 heavy (non-hydrogen) atoms. The maximum absolute atomic E-state index is 12.3. The summed E-state index contributed by atoms with van der Waals surface area (Å²) in [5.41, 5.74) is 2.06. The van der Waals surface area contributed by atoms with Crippen molar-refractivity contribution >= 4 is 23.6 Å². The predicted octanol–water partition coefficient (Wildman–Crippen LogP) is 1.91. The molecule has 2 rings (SSSR count). The Hall–Kier alpha value is -1.49. The number of carbonyl (C=O) groups is 2. The van der Waals surface area contributed by atoms with Gasteiger partial charge in [0.1, 0.15) is 6.04 Å². The van der Waals surface area contributed by atoms with Gasteiger partial charge in [0.05, 0.1) is 11.8 Å². The fraction of sp³-hybridized carbons (Fsp3) is 0.429. The zero-order valence-corrected chi connectivity index (χ0v) is 11.8. The predicted molar refractivity (Wildman–Crippen MR) is 75.1 cm³/mol. The molecule has 0 bridgehead atoms. The molecule has 0 radical (unpaired) electrons. The van der Waals surface area contributed by atoms with E-state index in [-0.39, 0.29) is 17.7 Å².